The van der Waals surface area contributed by atoms with Gasteiger partial charge in [-0.1, -0.05) is 19.3 Å². The molecule has 0 radical (unpaired) electrons. The van der Waals surface area contributed by atoms with Gasteiger partial charge in [-0.15, -0.1) is 0 Å². The Labute approximate surface area is 97.0 Å². The Bertz CT molecular complexity index is 260. The molecular formula is C12H22N2O2. The van der Waals surface area contributed by atoms with Gasteiger partial charge in [0.2, 0.25) is 0 Å². The van der Waals surface area contributed by atoms with Crippen molar-refractivity contribution >= 4 is 5.97 Å². The zero-order valence-electron chi connectivity index (χ0n) is 10.0. The zero-order chi connectivity index (χ0) is 11.6. The van der Waals surface area contributed by atoms with Crippen molar-refractivity contribution in [2.75, 3.05) is 26.2 Å². The number of rotatable bonds is 4. The lowest BCUT2D eigenvalue weighted by Gasteiger charge is -2.43. The number of nitrogens with one attached hydrogen (secondary N) is 1. The van der Waals surface area contributed by atoms with Crippen LogP contribution in [0.2, 0.25) is 0 Å². The molecule has 0 bridgehead atoms. The van der Waals surface area contributed by atoms with Crippen LogP contribution in [0.15, 0.2) is 0 Å². The van der Waals surface area contributed by atoms with Crippen LogP contribution in [0, 0.1) is 5.92 Å². The maximum atomic E-state index is 11.5. The van der Waals surface area contributed by atoms with Crippen LogP contribution in [0.5, 0.6) is 0 Å². The smallest absolute Gasteiger partial charge is 0.323 e. The maximum Gasteiger partial charge on any atom is 0.323 e. The van der Waals surface area contributed by atoms with Gasteiger partial charge in [-0.3, -0.25) is 9.69 Å². The molecule has 1 unspecified atom stereocenters. The summed E-state index contributed by atoms with van der Waals surface area (Å²) in [5, 5.41) is 12.8. The van der Waals surface area contributed by atoms with Crippen LogP contribution in [0.25, 0.3) is 0 Å². The summed E-state index contributed by atoms with van der Waals surface area (Å²) >= 11 is 0. The molecule has 1 aliphatic carbocycles. The molecule has 4 nitrogen and oxygen atoms in total. The summed E-state index contributed by atoms with van der Waals surface area (Å²) < 4.78 is 0. The number of piperazine rings is 1. The highest BCUT2D eigenvalue weighted by Gasteiger charge is 2.42. The zero-order valence-corrected chi connectivity index (χ0v) is 10.0. The van der Waals surface area contributed by atoms with Gasteiger partial charge in [0.25, 0.3) is 0 Å². The van der Waals surface area contributed by atoms with Gasteiger partial charge in [0.1, 0.15) is 5.54 Å². The molecule has 1 heterocycles. The molecule has 1 saturated carbocycles. The molecule has 1 atom stereocenters. The summed E-state index contributed by atoms with van der Waals surface area (Å²) in [5.74, 6) is -0.0164. The van der Waals surface area contributed by atoms with Gasteiger partial charge in [0.15, 0.2) is 0 Å². The predicted octanol–water partition coefficient (Wildman–Crippen LogP) is 0.925. The minimum absolute atomic E-state index is 0.635. The average Bonchev–Trinajstić information content (AvgIpc) is 2.24. The van der Waals surface area contributed by atoms with E-state index in [1.807, 2.05) is 6.92 Å². The highest BCUT2D eigenvalue weighted by molar-refractivity contribution is 5.78. The molecule has 4 heteroatoms. The number of carbonyl (C=O) groups is 1. The van der Waals surface area contributed by atoms with E-state index in [0.29, 0.717) is 5.92 Å². The molecule has 2 rings (SSSR count). The summed E-state index contributed by atoms with van der Waals surface area (Å²) in [7, 11) is 0. The van der Waals surface area contributed by atoms with Crippen molar-refractivity contribution < 1.29 is 9.90 Å². The lowest BCUT2D eigenvalue weighted by molar-refractivity contribution is -0.153. The second kappa shape index (κ2) is 4.72. The third-order valence-electron chi connectivity index (χ3n) is 4.19. The molecule has 0 aromatic carbocycles. The van der Waals surface area contributed by atoms with Crippen molar-refractivity contribution in [3.05, 3.63) is 0 Å². The van der Waals surface area contributed by atoms with Crippen molar-refractivity contribution in [3.63, 3.8) is 0 Å². The van der Waals surface area contributed by atoms with Gasteiger partial charge >= 0.3 is 5.97 Å². The highest BCUT2D eigenvalue weighted by Crippen LogP contribution is 2.36. The first-order valence-electron chi connectivity index (χ1n) is 6.32. The molecular weight excluding hydrogens is 204 g/mol. The molecule has 2 N–H and O–H groups in total. The minimum atomic E-state index is -0.652. The van der Waals surface area contributed by atoms with Crippen LogP contribution in [0.4, 0.5) is 0 Å². The van der Waals surface area contributed by atoms with Crippen molar-refractivity contribution in [2.45, 2.75) is 38.1 Å². The van der Waals surface area contributed by atoms with Gasteiger partial charge in [0, 0.05) is 26.2 Å². The van der Waals surface area contributed by atoms with E-state index >= 15 is 0 Å². The second-order valence-electron chi connectivity index (χ2n) is 5.32. The summed E-state index contributed by atoms with van der Waals surface area (Å²) in [4.78, 5) is 13.7. The van der Waals surface area contributed by atoms with E-state index in [-0.39, 0.29) is 0 Å². The Balaban J connectivity index is 2.03. The Morgan fingerprint density at radius 1 is 1.44 bits per heavy atom. The minimum Gasteiger partial charge on any atom is -0.480 e. The number of hydrogen-bond donors (Lipinski definition) is 2. The molecule has 2 fully saturated rings. The molecule has 1 aliphatic heterocycles. The van der Waals surface area contributed by atoms with E-state index in [2.05, 4.69) is 10.2 Å². The first-order chi connectivity index (χ1) is 7.63. The van der Waals surface area contributed by atoms with E-state index in [1.54, 1.807) is 0 Å². The Morgan fingerprint density at radius 2 is 2.06 bits per heavy atom. The van der Waals surface area contributed by atoms with Crippen molar-refractivity contribution in [1.29, 1.82) is 0 Å². The van der Waals surface area contributed by atoms with E-state index in [4.69, 9.17) is 0 Å². The van der Waals surface area contributed by atoms with Gasteiger partial charge in [-0.05, 0) is 19.3 Å². The first-order valence-corrected chi connectivity index (χ1v) is 6.32. The SMILES string of the molecule is CC(CC1CCC1)(C(=O)O)N1CCNCC1. The summed E-state index contributed by atoms with van der Waals surface area (Å²) in [6, 6.07) is 0. The molecule has 16 heavy (non-hydrogen) atoms. The third-order valence-corrected chi connectivity index (χ3v) is 4.19. The fraction of sp³-hybridized carbons (Fsp3) is 0.917. The quantitative estimate of drug-likeness (QED) is 0.748. The third kappa shape index (κ3) is 2.23. The number of hydrogen-bond acceptors (Lipinski definition) is 3. The van der Waals surface area contributed by atoms with Gasteiger partial charge in [-0.25, -0.2) is 0 Å². The van der Waals surface area contributed by atoms with Crippen molar-refractivity contribution in [3.8, 4) is 0 Å². The lowest BCUT2D eigenvalue weighted by Crippen LogP contribution is -2.59. The first kappa shape index (κ1) is 11.9. The van der Waals surface area contributed by atoms with Crippen molar-refractivity contribution in [2.24, 2.45) is 5.92 Å². The second-order valence-corrected chi connectivity index (χ2v) is 5.32. The lowest BCUT2D eigenvalue weighted by atomic mass is 9.75. The molecule has 2 aliphatic rings. The van der Waals surface area contributed by atoms with E-state index in [0.717, 1.165) is 32.6 Å². The maximum absolute atomic E-state index is 11.5. The number of carboxylic acid groups (broad SMARTS) is 1. The summed E-state index contributed by atoms with van der Waals surface area (Å²) in [6.45, 7) is 5.44. The topological polar surface area (TPSA) is 52.6 Å². The van der Waals surface area contributed by atoms with Crippen molar-refractivity contribution in [1.82, 2.24) is 10.2 Å². The van der Waals surface area contributed by atoms with Crippen LogP contribution in [0.1, 0.15) is 32.6 Å². The molecule has 92 valence electrons. The molecule has 0 aromatic heterocycles. The molecule has 0 aromatic rings. The van der Waals surface area contributed by atoms with Crippen LogP contribution in [-0.2, 0) is 4.79 Å². The fourth-order valence-corrected chi connectivity index (χ4v) is 2.77. The molecule has 0 amide bonds. The summed E-state index contributed by atoms with van der Waals surface area (Å²) in [5.41, 5.74) is -0.646. The Morgan fingerprint density at radius 3 is 2.50 bits per heavy atom. The molecule has 1 saturated heterocycles. The fourth-order valence-electron chi connectivity index (χ4n) is 2.77. The number of aliphatic carboxylic acids is 1. The van der Waals surface area contributed by atoms with Crippen LogP contribution >= 0.6 is 0 Å². The van der Waals surface area contributed by atoms with Gasteiger partial charge in [-0.2, -0.15) is 0 Å². The van der Waals surface area contributed by atoms with E-state index in [1.165, 1.54) is 19.3 Å². The Kier molecular flexibility index (Phi) is 3.50. The highest BCUT2D eigenvalue weighted by atomic mass is 16.4. The number of carboxylic acids is 1. The molecule has 0 spiro atoms. The van der Waals surface area contributed by atoms with E-state index in [9.17, 15) is 9.90 Å². The normalized spacial score (nSPS) is 27.1. The van der Waals surface area contributed by atoms with Crippen LogP contribution in [0.3, 0.4) is 0 Å². The van der Waals surface area contributed by atoms with Crippen LogP contribution in [-0.4, -0.2) is 47.7 Å². The predicted molar refractivity (Wildman–Crippen MR) is 62.4 cm³/mol. The monoisotopic (exact) mass is 226 g/mol. The van der Waals surface area contributed by atoms with E-state index < -0.39 is 11.5 Å². The Hall–Kier alpha value is -0.610. The van der Waals surface area contributed by atoms with Crippen LogP contribution < -0.4 is 5.32 Å². The van der Waals surface area contributed by atoms with Gasteiger partial charge < -0.3 is 10.4 Å². The average molecular weight is 226 g/mol. The number of nitrogens with zero attached hydrogens (tertiary/aromatic N) is 1. The largest absolute Gasteiger partial charge is 0.480 e. The summed E-state index contributed by atoms with van der Waals surface area (Å²) in [6.07, 6.45) is 4.54. The standard InChI is InChI=1S/C12H22N2O2/c1-12(11(15)16,9-10-3-2-4-10)14-7-5-13-6-8-14/h10,13H,2-9H2,1H3,(H,15,16). The van der Waals surface area contributed by atoms with Gasteiger partial charge in [0.05, 0.1) is 0 Å².